The molecule has 0 amide bonds. The number of aryl methyl sites for hydroxylation is 1. The first-order valence-electron chi connectivity index (χ1n) is 5.15. The van der Waals surface area contributed by atoms with Gasteiger partial charge in [0.2, 0.25) is 0 Å². The van der Waals surface area contributed by atoms with E-state index in [4.69, 9.17) is 4.42 Å². The fraction of sp³-hybridized carbons (Fsp3) is 0.182. The maximum absolute atomic E-state index is 11.1. The Balaban J connectivity index is 0.00000200. The summed E-state index contributed by atoms with van der Waals surface area (Å²) >= 11 is 1.08. The SMILES string of the molecule is Cc1oc(=O)oc1CSc1ccccc1S(=O)(=O)[O-].[Na+]. The van der Waals surface area contributed by atoms with Gasteiger partial charge in [0.1, 0.15) is 15.9 Å². The van der Waals surface area contributed by atoms with Crippen molar-refractivity contribution >= 4 is 21.9 Å². The van der Waals surface area contributed by atoms with Gasteiger partial charge < -0.3 is 13.4 Å². The summed E-state index contributed by atoms with van der Waals surface area (Å²) in [6, 6.07) is 5.85. The zero-order chi connectivity index (χ0) is 14.0. The molecular weight excluding hydrogens is 315 g/mol. The molecular formula is C11H9NaO6S2. The number of thioether (sulfide) groups is 1. The molecule has 2 aromatic rings. The molecule has 0 aliphatic carbocycles. The molecule has 0 spiro atoms. The summed E-state index contributed by atoms with van der Waals surface area (Å²) in [6.07, 6.45) is 0. The Kier molecular flexibility index (Phi) is 6.11. The third-order valence-corrected chi connectivity index (χ3v) is 4.41. The molecule has 0 N–H and O–H groups in total. The molecule has 0 aliphatic rings. The molecule has 0 fully saturated rings. The van der Waals surface area contributed by atoms with Crippen LogP contribution >= 0.6 is 11.8 Å². The van der Waals surface area contributed by atoms with Crippen molar-refractivity contribution in [2.45, 2.75) is 22.5 Å². The van der Waals surface area contributed by atoms with E-state index in [1.54, 1.807) is 13.0 Å². The first kappa shape index (κ1) is 17.5. The molecule has 2 rings (SSSR count). The Bertz CT molecular complexity index is 746. The Morgan fingerprint density at radius 1 is 1.25 bits per heavy atom. The topological polar surface area (TPSA) is 101 Å². The second kappa shape index (κ2) is 6.97. The van der Waals surface area contributed by atoms with Crippen LogP contribution in [0.2, 0.25) is 0 Å². The van der Waals surface area contributed by atoms with Crippen LogP contribution in [0.5, 0.6) is 0 Å². The minimum absolute atomic E-state index is 0. The van der Waals surface area contributed by atoms with Crippen LogP contribution in [0.1, 0.15) is 11.5 Å². The van der Waals surface area contributed by atoms with E-state index in [1.165, 1.54) is 18.2 Å². The molecule has 0 bridgehead atoms. The number of hydrogen-bond acceptors (Lipinski definition) is 7. The zero-order valence-corrected chi connectivity index (χ0v) is 14.4. The number of rotatable bonds is 4. The van der Waals surface area contributed by atoms with Crippen LogP contribution in [0.4, 0.5) is 0 Å². The summed E-state index contributed by atoms with van der Waals surface area (Å²) in [5.41, 5.74) is 0. The maximum Gasteiger partial charge on any atom is 1.00 e. The van der Waals surface area contributed by atoms with Crippen LogP contribution in [-0.4, -0.2) is 13.0 Å². The number of hydrogen-bond donors (Lipinski definition) is 0. The largest absolute Gasteiger partial charge is 1.00 e. The second-order valence-electron chi connectivity index (χ2n) is 3.62. The predicted molar refractivity (Wildman–Crippen MR) is 65.9 cm³/mol. The Labute approximate surface area is 141 Å². The van der Waals surface area contributed by atoms with Crippen molar-refractivity contribution in [2.75, 3.05) is 0 Å². The van der Waals surface area contributed by atoms with Crippen molar-refractivity contribution < 1.29 is 51.4 Å². The molecule has 1 heterocycles. The monoisotopic (exact) mass is 324 g/mol. The van der Waals surface area contributed by atoms with Crippen molar-refractivity contribution in [3.8, 4) is 0 Å². The smallest absolute Gasteiger partial charge is 0.744 e. The maximum atomic E-state index is 11.1. The first-order valence-corrected chi connectivity index (χ1v) is 7.54. The summed E-state index contributed by atoms with van der Waals surface area (Å²) < 4.78 is 42.7. The van der Waals surface area contributed by atoms with Crippen LogP contribution in [0.25, 0.3) is 0 Å². The summed E-state index contributed by atoms with van der Waals surface area (Å²) in [5.74, 6) is 0.0373. The van der Waals surface area contributed by atoms with Crippen LogP contribution < -0.4 is 35.4 Å². The molecule has 6 nitrogen and oxygen atoms in total. The molecule has 102 valence electrons. The van der Waals surface area contributed by atoms with Gasteiger partial charge in [0.05, 0.1) is 10.6 Å². The minimum Gasteiger partial charge on any atom is -0.744 e. The van der Waals surface area contributed by atoms with E-state index in [0.29, 0.717) is 16.4 Å². The van der Waals surface area contributed by atoms with Crippen LogP contribution in [0.15, 0.2) is 47.7 Å². The van der Waals surface area contributed by atoms with Gasteiger partial charge in [-0.3, -0.25) is 0 Å². The standard InChI is InChI=1S/C11H10O6S2.Na/c1-7-8(17-11(12)16-7)6-18-9-4-2-3-5-10(9)19(13,14)15;/h2-5H,6H2,1H3,(H,13,14,15);/q;+1/p-1. The Morgan fingerprint density at radius 3 is 2.45 bits per heavy atom. The Hall–Kier alpha value is -0.510. The van der Waals surface area contributed by atoms with Gasteiger partial charge >= 0.3 is 35.4 Å². The van der Waals surface area contributed by atoms with E-state index in [-0.39, 0.29) is 40.2 Å². The van der Waals surface area contributed by atoms with Crippen molar-refractivity contribution in [3.05, 3.63) is 46.4 Å². The molecule has 1 aromatic carbocycles. The molecule has 0 unspecified atom stereocenters. The van der Waals surface area contributed by atoms with E-state index in [2.05, 4.69) is 4.42 Å². The molecule has 0 aliphatic heterocycles. The fourth-order valence-corrected chi connectivity index (χ4v) is 3.40. The Morgan fingerprint density at radius 2 is 1.90 bits per heavy atom. The van der Waals surface area contributed by atoms with E-state index >= 15 is 0 Å². The summed E-state index contributed by atoms with van der Waals surface area (Å²) in [7, 11) is -4.53. The predicted octanol–water partition coefficient (Wildman–Crippen LogP) is -1.26. The van der Waals surface area contributed by atoms with Gasteiger partial charge in [0, 0.05) is 4.90 Å². The van der Waals surface area contributed by atoms with Gasteiger partial charge in [-0.1, -0.05) is 12.1 Å². The molecule has 0 atom stereocenters. The van der Waals surface area contributed by atoms with Crippen molar-refractivity contribution in [2.24, 2.45) is 0 Å². The normalized spacial score (nSPS) is 11.1. The van der Waals surface area contributed by atoms with Gasteiger partial charge in [0.15, 0.2) is 5.76 Å². The van der Waals surface area contributed by atoms with Crippen molar-refractivity contribution in [3.63, 3.8) is 0 Å². The zero-order valence-electron chi connectivity index (χ0n) is 10.8. The molecule has 0 saturated heterocycles. The van der Waals surface area contributed by atoms with Gasteiger partial charge in [-0.15, -0.1) is 11.8 Å². The van der Waals surface area contributed by atoms with Gasteiger partial charge in [0.25, 0.3) is 0 Å². The molecule has 20 heavy (non-hydrogen) atoms. The second-order valence-corrected chi connectivity index (χ2v) is 5.99. The van der Waals surface area contributed by atoms with E-state index < -0.39 is 15.9 Å². The minimum atomic E-state index is -4.53. The first-order chi connectivity index (χ1) is 8.88. The molecule has 0 saturated carbocycles. The quantitative estimate of drug-likeness (QED) is 0.393. The van der Waals surface area contributed by atoms with Gasteiger partial charge in [-0.05, 0) is 19.1 Å². The van der Waals surface area contributed by atoms with Gasteiger partial charge in [-0.25, -0.2) is 13.2 Å². The average molecular weight is 324 g/mol. The van der Waals surface area contributed by atoms with Crippen LogP contribution in [0, 0.1) is 6.92 Å². The summed E-state index contributed by atoms with van der Waals surface area (Å²) in [6.45, 7) is 1.57. The van der Waals surface area contributed by atoms with E-state index in [1.807, 2.05) is 0 Å². The molecule has 9 heteroatoms. The third-order valence-electron chi connectivity index (χ3n) is 2.31. The molecule has 1 aromatic heterocycles. The van der Waals surface area contributed by atoms with Crippen LogP contribution in [0.3, 0.4) is 0 Å². The fourth-order valence-electron chi connectivity index (χ4n) is 1.43. The van der Waals surface area contributed by atoms with Gasteiger partial charge in [-0.2, -0.15) is 0 Å². The summed E-state index contributed by atoms with van der Waals surface area (Å²) in [5, 5.41) is 0. The average Bonchev–Trinajstić information content (AvgIpc) is 2.64. The summed E-state index contributed by atoms with van der Waals surface area (Å²) in [4.78, 5) is 10.9. The van der Waals surface area contributed by atoms with Crippen LogP contribution in [-0.2, 0) is 15.9 Å². The van der Waals surface area contributed by atoms with Crippen molar-refractivity contribution in [1.82, 2.24) is 0 Å². The van der Waals surface area contributed by atoms with E-state index in [9.17, 15) is 17.8 Å². The third kappa shape index (κ3) is 4.24. The van der Waals surface area contributed by atoms with E-state index in [0.717, 1.165) is 11.8 Å². The molecule has 0 radical (unpaired) electrons. The van der Waals surface area contributed by atoms with Crippen molar-refractivity contribution in [1.29, 1.82) is 0 Å². The number of benzene rings is 1.